The smallest absolute Gasteiger partial charge is 0.306 e. The second-order valence-corrected chi connectivity index (χ2v) is 5.21. The van der Waals surface area contributed by atoms with Gasteiger partial charge < -0.3 is 14.1 Å². The molecule has 8 heteroatoms. The van der Waals surface area contributed by atoms with Crippen molar-refractivity contribution >= 4 is 16.4 Å². The number of carboxylic acids is 1. The van der Waals surface area contributed by atoms with E-state index in [-0.39, 0.29) is 6.54 Å². The first-order valence-corrected chi connectivity index (χ1v) is 5.49. The number of carboxylic acid groups (broad SMARTS) is 1. The lowest BCUT2D eigenvalue weighted by Gasteiger charge is -2.28. The Morgan fingerprint density at radius 3 is 2.20 bits per heavy atom. The zero-order valence-corrected chi connectivity index (χ0v) is 9.65. The molecule has 0 aliphatic rings. The number of nitrogens with zero attached hydrogens (tertiary/aromatic N) is 1. The van der Waals surface area contributed by atoms with E-state index in [1.165, 1.54) is 0 Å². The molecule has 0 spiro atoms. The van der Waals surface area contributed by atoms with Crippen LogP contribution in [0.4, 0.5) is 0 Å². The molecule has 0 aromatic rings. The van der Waals surface area contributed by atoms with Gasteiger partial charge in [-0.3, -0.25) is 8.98 Å². The maximum atomic E-state index is 10.4. The predicted octanol–water partition coefficient (Wildman–Crippen LogP) is -0.987. The Balaban J connectivity index is 4.53. The van der Waals surface area contributed by atoms with Gasteiger partial charge in [0.15, 0.2) is 0 Å². The summed E-state index contributed by atoms with van der Waals surface area (Å²) in [6.45, 7) is 0.119. The fraction of sp³-hybridized carbons (Fsp3) is 0.857. The fourth-order valence-electron chi connectivity index (χ4n) is 1.10. The van der Waals surface area contributed by atoms with Crippen LogP contribution in [0.25, 0.3) is 0 Å². The van der Waals surface area contributed by atoms with Crippen LogP contribution in [0.5, 0.6) is 0 Å². The van der Waals surface area contributed by atoms with Gasteiger partial charge in [0.25, 0.3) is 0 Å². The van der Waals surface area contributed by atoms with E-state index < -0.39 is 28.9 Å². The van der Waals surface area contributed by atoms with Crippen molar-refractivity contribution < 1.29 is 31.5 Å². The SMILES string of the molecule is C[N+](C)(C)C[C@H](CC(=O)O)OS(=O)(=O)[O-]. The van der Waals surface area contributed by atoms with Crippen LogP contribution in [-0.2, 0) is 19.4 Å². The molecule has 0 heterocycles. The maximum Gasteiger partial charge on any atom is 0.306 e. The van der Waals surface area contributed by atoms with Crippen molar-refractivity contribution in [1.82, 2.24) is 0 Å². The van der Waals surface area contributed by atoms with Gasteiger partial charge in [-0.25, -0.2) is 8.42 Å². The van der Waals surface area contributed by atoms with Crippen LogP contribution in [0.3, 0.4) is 0 Å². The van der Waals surface area contributed by atoms with E-state index in [0.29, 0.717) is 4.48 Å². The summed E-state index contributed by atoms with van der Waals surface area (Å²) >= 11 is 0. The van der Waals surface area contributed by atoms with Crippen molar-refractivity contribution in [1.29, 1.82) is 0 Å². The topological polar surface area (TPSA) is 104 Å². The molecule has 15 heavy (non-hydrogen) atoms. The Kier molecular flexibility index (Phi) is 4.65. The summed E-state index contributed by atoms with van der Waals surface area (Å²) in [5.41, 5.74) is 0. The van der Waals surface area contributed by atoms with E-state index in [4.69, 9.17) is 5.11 Å². The molecule has 0 aromatic heterocycles. The Bertz CT molecular complexity index is 317. The fourth-order valence-corrected chi connectivity index (χ4v) is 1.56. The highest BCUT2D eigenvalue weighted by Crippen LogP contribution is 2.07. The minimum atomic E-state index is -4.86. The standard InChI is InChI=1S/C7H15NO6S/c1-8(2,3)5-6(4-7(9)10)14-15(11,12)13/h6H,4-5H2,1-3H3,(H-,9,10,11,12,13)/t6-/m0/s1. The lowest BCUT2D eigenvalue weighted by Crippen LogP contribution is -2.43. The van der Waals surface area contributed by atoms with E-state index >= 15 is 0 Å². The van der Waals surface area contributed by atoms with Gasteiger partial charge in [-0.15, -0.1) is 0 Å². The van der Waals surface area contributed by atoms with Crippen molar-refractivity contribution in [2.45, 2.75) is 12.5 Å². The number of likely N-dealkylation sites (N-methyl/N-ethyl adjacent to an activating group) is 1. The highest BCUT2D eigenvalue weighted by molar-refractivity contribution is 7.80. The van der Waals surface area contributed by atoms with Crippen molar-refractivity contribution in [3.05, 3.63) is 0 Å². The number of carbonyl (C=O) groups is 1. The molecule has 0 aliphatic heterocycles. The molecule has 0 rings (SSSR count). The molecule has 0 amide bonds. The number of hydrogen-bond acceptors (Lipinski definition) is 5. The van der Waals surface area contributed by atoms with E-state index in [2.05, 4.69) is 4.18 Å². The molecule has 0 unspecified atom stereocenters. The summed E-state index contributed by atoms with van der Waals surface area (Å²) in [5, 5.41) is 8.49. The largest absolute Gasteiger partial charge is 0.726 e. The zero-order valence-electron chi connectivity index (χ0n) is 8.84. The van der Waals surface area contributed by atoms with Crippen LogP contribution < -0.4 is 0 Å². The van der Waals surface area contributed by atoms with E-state index in [1.54, 1.807) is 21.1 Å². The molecule has 90 valence electrons. The molecule has 0 saturated heterocycles. The minimum Gasteiger partial charge on any atom is -0.726 e. The van der Waals surface area contributed by atoms with Gasteiger partial charge in [-0.2, -0.15) is 0 Å². The quantitative estimate of drug-likeness (QED) is 0.364. The van der Waals surface area contributed by atoms with Gasteiger partial charge in [-0.1, -0.05) is 0 Å². The molecular formula is C7H15NO6S. The van der Waals surface area contributed by atoms with Gasteiger partial charge in [0.05, 0.1) is 27.6 Å². The van der Waals surface area contributed by atoms with Crippen molar-refractivity contribution in [3.63, 3.8) is 0 Å². The Morgan fingerprint density at radius 1 is 1.47 bits per heavy atom. The molecule has 0 fully saturated rings. The third-order valence-electron chi connectivity index (χ3n) is 1.41. The van der Waals surface area contributed by atoms with Crippen LogP contribution in [0.2, 0.25) is 0 Å². The third kappa shape index (κ3) is 9.60. The lowest BCUT2D eigenvalue weighted by atomic mass is 10.2. The average Bonchev–Trinajstić information content (AvgIpc) is 1.73. The van der Waals surface area contributed by atoms with Crippen LogP contribution in [0, 0.1) is 0 Å². The molecular weight excluding hydrogens is 226 g/mol. The Hall–Kier alpha value is -0.700. The second-order valence-electron chi connectivity index (χ2n) is 4.20. The number of quaternary nitrogens is 1. The first kappa shape index (κ1) is 14.3. The summed E-state index contributed by atoms with van der Waals surface area (Å²) < 4.78 is 35.4. The first-order chi connectivity index (χ1) is 6.49. The van der Waals surface area contributed by atoms with Gasteiger partial charge in [0, 0.05) is 0 Å². The highest BCUT2D eigenvalue weighted by atomic mass is 32.3. The maximum absolute atomic E-state index is 10.4. The molecule has 0 aromatic carbocycles. The van der Waals surface area contributed by atoms with Gasteiger partial charge in [-0.05, 0) is 0 Å². The molecule has 0 radical (unpaired) electrons. The van der Waals surface area contributed by atoms with Gasteiger partial charge in [0.1, 0.15) is 12.6 Å². The normalized spacial score (nSPS) is 14.9. The van der Waals surface area contributed by atoms with E-state index in [1.807, 2.05) is 0 Å². The molecule has 1 N–H and O–H groups in total. The highest BCUT2D eigenvalue weighted by Gasteiger charge is 2.23. The monoisotopic (exact) mass is 241 g/mol. The Labute approximate surface area is 88.8 Å². The van der Waals surface area contributed by atoms with Crippen LogP contribution >= 0.6 is 0 Å². The number of rotatable bonds is 6. The lowest BCUT2D eigenvalue weighted by molar-refractivity contribution is -0.873. The summed E-state index contributed by atoms with van der Waals surface area (Å²) in [5.74, 6) is -1.21. The van der Waals surface area contributed by atoms with Crippen molar-refractivity contribution in [2.24, 2.45) is 0 Å². The first-order valence-electron chi connectivity index (χ1n) is 4.16. The minimum absolute atomic E-state index is 0.119. The van der Waals surface area contributed by atoms with Gasteiger partial charge in [0.2, 0.25) is 10.4 Å². The average molecular weight is 241 g/mol. The zero-order chi connectivity index (χ0) is 12.3. The van der Waals surface area contributed by atoms with Crippen LogP contribution in [0.15, 0.2) is 0 Å². The molecule has 0 bridgehead atoms. The van der Waals surface area contributed by atoms with Gasteiger partial charge >= 0.3 is 5.97 Å². The summed E-state index contributed by atoms with van der Waals surface area (Å²) in [6, 6.07) is 0. The molecule has 7 nitrogen and oxygen atoms in total. The summed E-state index contributed by atoms with van der Waals surface area (Å²) in [7, 11) is 0.331. The van der Waals surface area contributed by atoms with Crippen LogP contribution in [-0.4, -0.2) is 62.3 Å². The number of aliphatic carboxylic acids is 1. The predicted molar refractivity (Wildman–Crippen MR) is 49.7 cm³/mol. The van der Waals surface area contributed by atoms with Crippen molar-refractivity contribution in [3.8, 4) is 0 Å². The second kappa shape index (κ2) is 4.88. The molecule has 0 aliphatic carbocycles. The molecule has 1 atom stereocenters. The van der Waals surface area contributed by atoms with Crippen LogP contribution in [0.1, 0.15) is 6.42 Å². The third-order valence-corrected chi connectivity index (χ3v) is 1.92. The number of hydrogen-bond donors (Lipinski definition) is 1. The summed E-state index contributed by atoms with van der Waals surface area (Å²) in [4.78, 5) is 10.4. The van der Waals surface area contributed by atoms with E-state index in [9.17, 15) is 17.8 Å². The van der Waals surface area contributed by atoms with E-state index in [0.717, 1.165) is 0 Å². The molecule has 0 saturated carbocycles. The summed E-state index contributed by atoms with van der Waals surface area (Å²) in [6.07, 6.45) is -1.65. The van der Waals surface area contributed by atoms with Crippen molar-refractivity contribution in [2.75, 3.05) is 27.7 Å². The Morgan fingerprint density at radius 2 is 1.93 bits per heavy atom.